The number of hydrogen-bond acceptors (Lipinski definition) is 5. The topological polar surface area (TPSA) is 102 Å². The fourth-order valence-electron chi connectivity index (χ4n) is 1.72. The van der Waals surface area contributed by atoms with Crippen LogP contribution in [-0.4, -0.2) is 38.2 Å². The van der Waals surface area contributed by atoms with Gasteiger partial charge in [-0.1, -0.05) is 30.7 Å². The smallest absolute Gasteiger partial charge is 0.321 e. The molecule has 23 heavy (non-hydrogen) atoms. The molecule has 0 saturated carbocycles. The van der Waals surface area contributed by atoms with Crippen LogP contribution in [0.5, 0.6) is 0 Å². The zero-order valence-electron chi connectivity index (χ0n) is 12.8. The molecule has 0 aliphatic carbocycles. The summed E-state index contributed by atoms with van der Waals surface area (Å²) in [6, 6.07) is 6.50. The van der Waals surface area contributed by atoms with Gasteiger partial charge in [0.15, 0.2) is 0 Å². The molecule has 1 atom stereocenters. The number of rotatable bonds is 5. The van der Waals surface area contributed by atoms with Crippen molar-refractivity contribution in [3.8, 4) is 11.4 Å². The first-order chi connectivity index (χ1) is 11.0. The molecule has 0 spiro atoms. The van der Waals surface area contributed by atoms with Gasteiger partial charge in [0, 0.05) is 11.6 Å². The summed E-state index contributed by atoms with van der Waals surface area (Å²) in [6.45, 7) is 3.56. The summed E-state index contributed by atoms with van der Waals surface area (Å²) in [5.41, 5.74) is 0.621. The highest BCUT2D eigenvalue weighted by Gasteiger charge is 2.14. The third-order valence-electron chi connectivity index (χ3n) is 3.10. The highest BCUT2D eigenvalue weighted by molar-refractivity contribution is 6.33. The number of nitrogens with zero attached hydrogens (tertiary/aromatic N) is 4. The van der Waals surface area contributed by atoms with Crippen LogP contribution in [0.15, 0.2) is 24.3 Å². The Bertz CT molecular complexity index is 702. The Balaban J connectivity index is 1.95. The summed E-state index contributed by atoms with van der Waals surface area (Å²) in [6.07, 6.45) is 0.771. The second kappa shape index (κ2) is 7.68. The van der Waals surface area contributed by atoms with Gasteiger partial charge in [-0.05, 0) is 30.7 Å². The van der Waals surface area contributed by atoms with E-state index in [9.17, 15) is 9.59 Å². The average molecular weight is 337 g/mol. The van der Waals surface area contributed by atoms with E-state index in [0.717, 1.165) is 11.2 Å². The van der Waals surface area contributed by atoms with Gasteiger partial charge in [0.2, 0.25) is 5.82 Å². The average Bonchev–Trinajstić information content (AvgIpc) is 2.95. The number of hydrogen-bond donors (Lipinski definition) is 2. The van der Waals surface area contributed by atoms with Crippen LogP contribution in [0.4, 0.5) is 4.79 Å². The van der Waals surface area contributed by atoms with Crippen molar-refractivity contribution < 1.29 is 9.59 Å². The number of aromatic nitrogens is 4. The molecule has 0 saturated heterocycles. The molecule has 3 amide bonds. The SMILES string of the molecule is CC[C@H](C)NC(=O)NC(=O)Cn1nnc(-c2ccccc2Cl)n1. The number of imide groups is 1. The zero-order valence-corrected chi connectivity index (χ0v) is 13.5. The Morgan fingerprint density at radius 1 is 1.35 bits per heavy atom. The molecule has 0 aliphatic heterocycles. The number of benzene rings is 1. The van der Waals surface area contributed by atoms with Crippen molar-refractivity contribution in [1.82, 2.24) is 30.8 Å². The first-order valence-corrected chi connectivity index (χ1v) is 7.50. The van der Waals surface area contributed by atoms with Crippen molar-refractivity contribution in [2.75, 3.05) is 0 Å². The number of nitrogens with one attached hydrogen (secondary N) is 2. The summed E-state index contributed by atoms with van der Waals surface area (Å²) < 4.78 is 0. The standard InChI is InChI=1S/C14H17ClN6O2/c1-3-9(2)16-14(23)17-12(22)8-21-19-13(18-20-21)10-6-4-5-7-11(10)15/h4-7,9H,3,8H2,1-2H3,(H2,16,17,22,23)/t9-/m0/s1. The van der Waals surface area contributed by atoms with Gasteiger partial charge in [-0.15, -0.1) is 10.2 Å². The van der Waals surface area contributed by atoms with Crippen molar-refractivity contribution in [1.29, 1.82) is 0 Å². The molecule has 1 aromatic heterocycles. The highest BCUT2D eigenvalue weighted by atomic mass is 35.5. The molecule has 122 valence electrons. The summed E-state index contributed by atoms with van der Waals surface area (Å²) in [4.78, 5) is 24.4. The molecule has 0 radical (unpaired) electrons. The molecular weight excluding hydrogens is 320 g/mol. The maximum absolute atomic E-state index is 11.8. The third-order valence-corrected chi connectivity index (χ3v) is 3.43. The van der Waals surface area contributed by atoms with Crippen molar-refractivity contribution in [3.05, 3.63) is 29.3 Å². The van der Waals surface area contributed by atoms with Gasteiger partial charge in [-0.2, -0.15) is 4.80 Å². The van der Waals surface area contributed by atoms with Gasteiger partial charge in [0.25, 0.3) is 5.91 Å². The van der Waals surface area contributed by atoms with Gasteiger partial charge in [0.05, 0.1) is 5.02 Å². The van der Waals surface area contributed by atoms with Crippen LogP contribution in [0.1, 0.15) is 20.3 Å². The molecule has 0 unspecified atom stereocenters. The minimum absolute atomic E-state index is 0.0147. The van der Waals surface area contributed by atoms with Crippen molar-refractivity contribution in [2.45, 2.75) is 32.9 Å². The van der Waals surface area contributed by atoms with E-state index in [1.807, 2.05) is 13.8 Å². The first kappa shape index (κ1) is 16.9. The van der Waals surface area contributed by atoms with E-state index < -0.39 is 11.9 Å². The van der Waals surface area contributed by atoms with Crippen LogP contribution in [0, 0.1) is 0 Å². The summed E-state index contributed by atoms with van der Waals surface area (Å²) in [5, 5.41) is 17.1. The van der Waals surface area contributed by atoms with E-state index >= 15 is 0 Å². The zero-order chi connectivity index (χ0) is 16.8. The van der Waals surface area contributed by atoms with Crippen molar-refractivity contribution >= 4 is 23.5 Å². The molecule has 2 rings (SSSR count). The lowest BCUT2D eigenvalue weighted by atomic mass is 10.2. The Kier molecular flexibility index (Phi) is 5.64. The molecule has 2 aromatic rings. The number of carbonyl (C=O) groups excluding carboxylic acids is 2. The van der Waals surface area contributed by atoms with Gasteiger partial charge >= 0.3 is 6.03 Å². The van der Waals surface area contributed by atoms with E-state index in [4.69, 9.17) is 11.6 Å². The molecule has 2 N–H and O–H groups in total. The monoisotopic (exact) mass is 336 g/mol. The fourth-order valence-corrected chi connectivity index (χ4v) is 1.94. The van der Waals surface area contributed by atoms with Gasteiger partial charge in [0.1, 0.15) is 6.54 Å². The minimum atomic E-state index is -0.546. The van der Waals surface area contributed by atoms with Crippen LogP contribution in [0.25, 0.3) is 11.4 Å². The van der Waals surface area contributed by atoms with Crippen LogP contribution in [0.3, 0.4) is 0 Å². The van der Waals surface area contributed by atoms with Gasteiger partial charge < -0.3 is 5.32 Å². The molecule has 1 heterocycles. The third kappa shape index (κ3) is 4.75. The number of tetrazole rings is 1. The van der Waals surface area contributed by atoms with E-state index in [0.29, 0.717) is 16.4 Å². The number of amides is 3. The van der Waals surface area contributed by atoms with Gasteiger partial charge in [-0.3, -0.25) is 10.1 Å². The molecular formula is C14H17ClN6O2. The second-order valence-corrected chi connectivity index (χ2v) is 5.36. The molecule has 1 aromatic carbocycles. The maximum Gasteiger partial charge on any atom is 0.321 e. The number of carbonyl (C=O) groups is 2. The molecule has 0 aliphatic rings. The summed E-state index contributed by atoms with van der Waals surface area (Å²) in [5.74, 6) is -0.221. The molecule has 9 heteroatoms. The molecule has 8 nitrogen and oxygen atoms in total. The van der Waals surface area contributed by atoms with E-state index in [1.165, 1.54) is 0 Å². The summed E-state index contributed by atoms with van der Waals surface area (Å²) in [7, 11) is 0. The second-order valence-electron chi connectivity index (χ2n) is 4.95. The lowest BCUT2D eigenvalue weighted by molar-refractivity contribution is -0.121. The molecule has 0 bridgehead atoms. The normalized spacial score (nSPS) is 11.8. The number of halogens is 1. The molecule has 0 fully saturated rings. The Hall–Kier alpha value is -2.48. The number of urea groups is 1. The Morgan fingerprint density at radius 2 is 2.09 bits per heavy atom. The fraction of sp³-hybridized carbons (Fsp3) is 0.357. The van der Waals surface area contributed by atoms with E-state index in [-0.39, 0.29) is 12.6 Å². The largest absolute Gasteiger partial charge is 0.335 e. The minimum Gasteiger partial charge on any atom is -0.335 e. The predicted octanol–water partition coefficient (Wildman–Crippen LogP) is 1.62. The lowest BCUT2D eigenvalue weighted by Gasteiger charge is -2.11. The predicted molar refractivity (Wildman–Crippen MR) is 84.7 cm³/mol. The van der Waals surface area contributed by atoms with Crippen molar-refractivity contribution in [3.63, 3.8) is 0 Å². The van der Waals surface area contributed by atoms with Crippen LogP contribution >= 0.6 is 11.6 Å². The Labute approximate surface area is 138 Å². The van der Waals surface area contributed by atoms with Crippen LogP contribution in [0.2, 0.25) is 5.02 Å². The highest BCUT2D eigenvalue weighted by Crippen LogP contribution is 2.23. The lowest BCUT2D eigenvalue weighted by Crippen LogP contribution is -2.44. The first-order valence-electron chi connectivity index (χ1n) is 7.12. The Morgan fingerprint density at radius 3 is 2.78 bits per heavy atom. The van der Waals surface area contributed by atoms with Crippen LogP contribution in [-0.2, 0) is 11.3 Å². The van der Waals surface area contributed by atoms with E-state index in [1.54, 1.807) is 24.3 Å². The quantitative estimate of drug-likeness (QED) is 0.863. The van der Waals surface area contributed by atoms with Crippen LogP contribution < -0.4 is 10.6 Å². The summed E-state index contributed by atoms with van der Waals surface area (Å²) >= 11 is 6.06. The van der Waals surface area contributed by atoms with E-state index in [2.05, 4.69) is 26.0 Å². The maximum atomic E-state index is 11.8. The van der Waals surface area contributed by atoms with Crippen molar-refractivity contribution in [2.24, 2.45) is 0 Å². The van der Waals surface area contributed by atoms with Gasteiger partial charge in [-0.25, -0.2) is 4.79 Å².